The van der Waals surface area contributed by atoms with E-state index < -0.39 is 0 Å². The summed E-state index contributed by atoms with van der Waals surface area (Å²) in [5, 5.41) is 2.91. The zero-order chi connectivity index (χ0) is 13.2. The summed E-state index contributed by atoms with van der Waals surface area (Å²) in [5.74, 6) is 0.150. The van der Waals surface area contributed by atoms with Crippen LogP contribution in [0.25, 0.3) is 0 Å². The molecule has 0 radical (unpaired) electrons. The van der Waals surface area contributed by atoms with Gasteiger partial charge < -0.3 is 10.1 Å². The Balaban J connectivity index is 2.02. The minimum atomic E-state index is 0.150. The van der Waals surface area contributed by atoms with Crippen molar-refractivity contribution in [1.82, 2.24) is 10.2 Å². The molecule has 0 saturated carbocycles. The van der Waals surface area contributed by atoms with Crippen LogP contribution in [0.4, 0.5) is 0 Å². The summed E-state index contributed by atoms with van der Waals surface area (Å²) in [6.45, 7) is 8.41. The summed E-state index contributed by atoms with van der Waals surface area (Å²) in [6.07, 6.45) is 5.42. The SMILES string of the molecule is CCCOCCNC(=O)CCN1CCC[C@H]1CC. The molecule has 1 amide bonds. The van der Waals surface area contributed by atoms with Crippen molar-refractivity contribution >= 4 is 5.91 Å². The highest BCUT2D eigenvalue weighted by Crippen LogP contribution is 2.19. The Labute approximate surface area is 111 Å². The molecule has 18 heavy (non-hydrogen) atoms. The molecule has 1 heterocycles. The molecule has 1 aliphatic heterocycles. The molecule has 0 aromatic rings. The topological polar surface area (TPSA) is 41.6 Å². The molecule has 1 rings (SSSR count). The number of carbonyl (C=O) groups excluding carboxylic acids is 1. The van der Waals surface area contributed by atoms with Crippen molar-refractivity contribution < 1.29 is 9.53 Å². The third-order valence-electron chi connectivity index (χ3n) is 3.51. The van der Waals surface area contributed by atoms with Gasteiger partial charge in [-0.25, -0.2) is 0 Å². The fourth-order valence-corrected chi connectivity index (χ4v) is 2.49. The van der Waals surface area contributed by atoms with Gasteiger partial charge >= 0.3 is 0 Å². The van der Waals surface area contributed by atoms with Gasteiger partial charge in [-0.05, 0) is 32.2 Å². The lowest BCUT2D eigenvalue weighted by Gasteiger charge is -2.22. The highest BCUT2D eigenvalue weighted by atomic mass is 16.5. The Morgan fingerprint density at radius 3 is 2.94 bits per heavy atom. The second kappa shape index (κ2) is 9.34. The van der Waals surface area contributed by atoms with E-state index in [0.717, 1.165) is 26.1 Å². The van der Waals surface area contributed by atoms with Gasteiger partial charge in [-0.15, -0.1) is 0 Å². The zero-order valence-corrected chi connectivity index (χ0v) is 11.9. The van der Waals surface area contributed by atoms with Crippen molar-refractivity contribution in [2.24, 2.45) is 0 Å². The molecule has 0 aromatic carbocycles. The summed E-state index contributed by atoms with van der Waals surface area (Å²) in [7, 11) is 0. The molecular weight excluding hydrogens is 228 g/mol. The maximum absolute atomic E-state index is 11.6. The number of likely N-dealkylation sites (tertiary alicyclic amines) is 1. The van der Waals surface area contributed by atoms with E-state index in [0.29, 0.717) is 25.6 Å². The molecule has 0 aromatic heterocycles. The molecule has 106 valence electrons. The first-order chi connectivity index (χ1) is 8.77. The van der Waals surface area contributed by atoms with Gasteiger partial charge in [-0.1, -0.05) is 13.8 Å². The second-order valence-corrected chi connectivity index (χ2v) is 4.95. The van der Waals surface area contributed by atoms with Gasteiger partial charge in [0.05, 0.1) is 6.61 Å². The van der Waals surface area contributed by atoms with Crippen molar-refractivity contribution in [1.29, 1.82) is 0 Å². The lowest BCUT2D eigenvalue weighted by Crippen LogP contribution is -2.34. The van der Waals surface area contributed by atoms with Crippen molar-refractivity contribution in [2.75, 3.05) is 32.8 Å². The van der Waals surface area contributed by atoms with Gasteiger partial charge in [-0.3, -0.25) is 9.69 Å². The normalized spacial score (nSPS) is 20.2. The number of rotatable bonds is 9. The summed E-state index contributed by atoms with van der Waals surface area (Å²) >= 11 is 0. The fourth-order valence-electron chi connectivity index (χ4n) is 2.49. The lowest BCUT2D eigenvalue weighted by molar-refractivity contribution is -0.121. The number of carbonyl (C=O) groups is 1. The molecular formula is C14H28N2O2. The maximum Gasteiger partial charge on any atom is 0.221 e. The first kappa shape index (κ1) is 15.4. The maximum atomic E-state index is 11.6. The lowest BCUT2D eigenvalue weighted by atomic mass is 10.1. The highest BCUT2D eigenvalue weighted by Gasteiger charge is 2.22. The molecule has 0 spiro atoms. The van der Waals surface area contributed by atoms with Crippen LogP contribution in [0, 0.1) is 0 Å². The third kappa shape index (κ3) is 5.83. The third-order valence-corrected chi connectivity index (χ3v) is 3.51. The predicted molar refractivity (Wildman–Crippen MR) is 73.6 cm³/mol. The van der Waals surface area contributed by atoms with Crippen molar-refractivity contribution in [2.45, 2.75) is 52.0 Å². The Morgan fingerprint density at radius 2 is 2.22 bits per heavy atom. The zero-order valence-electron chi connectivity index (χ0n) is 11.9. The van der Waals surface area contributed by atoms with Crippen LogP contribution in [0.1, 0.15) is 46.0 Å². The summed E-state index contributed by atoms with van der Waals surface area (Å²) in [4.78, 5) is 14.1. The molecule has 1 saturated heterocycles. The van der Waals surface area contributed by atoms with Crippen LogP contribution in [0.3, 0.4) is 0 Å². The Morgan fingerprint density at radius 1 is 1.39 bits per heavy atom. The van der Waals surface area contributed by atoms with Crippen molar-refractivity contribution in [3.8, 4) is 0 Å². The molecule has 1 fully saturated rings. The van der Waals surface area contributed by atoms with Gasteiger partial charge in [-0.2, -0.15) is 0 Å². The van der Waals surface area contributed by atoms with Crippen LogP contribution in [0.5, 0.6) is 0 Å². The van der Waals surface area contributed by atoms with Crippen molar-refractivity contribution in [3.05, 3.63) is 0 Å². The molecule has 1 aliphatic rings. The number of nitrogens with zero attached hydrogens (tertiary/aromatic N) is 1. The minimum absolute atomic E-state index is 0.150. The van der Waals surface area contributed by atoms with Crippen molar-refractivity contribution in [3.63, 3.8) is 0 Å². The van der Waals surface area contributed by atoms with E-state index in [1.54, 1.807) is 0 Å². The first-order valence-electron chi connectivity index (χ1n) is 7.36. The van der Waals surface area contributed by atoms with Crippen LogP contribution < -0.4 is 5.32 Å². The van der Waals surface area contributed by atoms with E-state index in [2.05, 4.69) is 24.1 Å². The van der Waals surface area contributed by atoms with E-state index in [4.69, 9.17) is 4.74 Å². The van der Waals surface area contributed by atoms with Crippen LogP contribution in [-0.4, -0.2) is 49.7 Å². The molecule has 1 N–H and O–H groups in total. The van der Waals surface area contributed by atoms with E-state index >= 15 is 0 Å². The molecule has 4 nitrogen and oxygen atoms in total. The predicted octanol–water partition coefficient (Wildman–Crippen LogP) is 1.79. The van der Waals surface area contributed by atoms with Gasteiger partial charge in [0.2, 0.25) is 5.91 Å². The Bertz CT molecular complexity index is 234. The smallest absolute Gasteiger partial charge is 0.221 e. The quantitative estimate of drug-likeness (QED) is 0.640. The Kier molecular flexibility index (Phi) is 8.01. The van der Waals surface area contributed by atoms with Crippen LogP contribution >= 0.6 is 0 Å². The van der Waals surface area contributed by atoms with E-state index in [1.165, 1.54) is 19.3 Å². The van der Waals surface area contributed by atoms with Crippen LogP contribution in [0.15, 0.2) is 0 Å². The first-order valence-corrected chi connectivity index (χ1v) is 7.36. The highest BCUT2D eigenvalue weighted by molar-refractivity contribution is 5.76. The molecule has 0 aliphatic carbocycles. The van der Waals surface area contributed by atoms with Gasteiger partial charge in [0.1, 0.15) is 0 Å². The van der Waals surface area contributed by atoms with Crippen LogP contribution in [0.2, 0.25) is 0 Å². The number of nitrogens with one attached hydrogen (secondary N) is 1. The number of ether oxygens (including phenoxy) is 1. The summed E-state index contributed by atoms with van der Waals surface area (Å²) in [6, 6.07) is 0.700. The standard InChI is InChI=1S/C14H28N2O2/c1-3-11-18-12-8-15-14(17)7-10-16-9-5-6-13(16)4-2/h13H,3-12H2,1-2H3,(H,15,17)/t13-/m1/s1. The van der Waals surface area contributed by atoms with E-state index in [1.807, 2.05) is 0 Å². The van der Waals surface area contributed by atoms with Gasteiger partial charge in [0.15, 0.2) is 0 Å². The second-order valence-electron chi connectivity index (χ2n) is 4.95. The number of amides is 1. The van der Waals surface area contributed by atoms with Gasteiger partial charge in [0.25, 0.3) is 0 Å². The minimum Gasteiger partial charge on any atom is -0.380 e. The molecule has 1 atom stereocenters. The number of hydrogen-bond acceptors (Lipinski definition) is 3. The average molecular weight is 256 g/mol. The van der Waals surface area contributed by atoms with Crippen LogP contribution in [-0.2, 0) is 9.53 Å². The van der Waals surface area contributed by atoms with Gasteiger partial charge in [0, 0.05) is 32.2 Å². The average Bonchev–Trinajstić information content (AvgIpc) is 2.83. The molecule has 0 unspecified atom stereocenters. The molecule has 4 heteroatoms. The monoisotopic (exact) mass is 256 g/mol. The summed E-state index contributed by atoms with van der Waals surface area (Å²) in [5.41, 5.74) is 0. The molecule has 0 bridgehead atoms. The van der Waals surface area contributed by atoms with E-state index in [9.17, 15) is 4.79 Å². The van der Waals surface area contributed by atoms with E-state index in [-0.39, 0.29) is 5.91 Å². The summed E-state index contributed by atoms with van der Waals surface area (Å²) < 4.78 is 5.32. The number of hydrogen-bond donors (Lipinski definition) is 1. The fraction of sp³-hybridized carbons (Fsp3) is 0.929. The largest absolute Gasteiger partial charge is 0.380 e. The Hall–Kier alpha value is -0.610.